The summed E-state index contributed by atoms with van der Waals surface area (Å²) in [6, 6.07) is 14.4. The Morgan fingerprint density at radius 3 is 2.40 bits per heavy atom. The number of pyridine rings is 1. The fourth-order valence-corrected chi connectivity index (χ4v) is 1.82. The summed E-state index contributed by atoms with van der Waals surface area (Å²) in [6.07, 6.45) is 1.84. The van der Waals surface area contributed by atoms with Crippen molar-refractivity contribution >= 4 is 15.9 Å². The van der Waals surface area contributed by atoms with E-state index < -0.39 is 0 Å². The summed E-state index contributed by atoms with van der Waals surface area (Å²) in [5, 5.41) is 0. The summed E-state index contributed by atoms with van der Waals surface area (Å²) in [5.41, 5.74) is 2.40. The van der Waals surface area contributed by atoms with Gasteiger partial charge in [-0.15, -0.1) is 0 Å². The van der Waals surface area contributed by atoms with E-state index >= 15 is 0 Å². The molecule has 15 heavy (non-hydrogen) atoms. The van der Waals surface area contributed by atoms with Crippen LogP contribution in [0.25, 0.3) is 0 Å². The van der Waals surface area contributed by atoms with Crippen molar-refractivity contribution < 1.29 is 0 Å². The van der Waals surface area contributed by atoms with Crippen LogP contribution in [0, 0.1) is 0 Å². The highest BCUT2D eigenvalue weighted by Gasteiger charge is 2.08. The average molecular weight is 262 g/mol. The Hall–Kier alpha value is -1.15. The zero-order chi connectivity index (χ0) is 10.7. The Morgan fingerprint density at radius 2 is 1.80 bits per heavy atom. The van der Waals surface area contributed by atoms with E-state index in [1.54, 1.807) is 0 Å². The molecule has 0 unspecified atom stereocenters. The Balaban J connectivity index is 2.29. The molecule has 0 fully saturated rings. The van der Waals surface area contributed by atoms with Crippen LogP contribution in [-0.4, -0.2) is 4.98 Å². The van der Waals surface area contributed by atoms with E-state index in [1.807, 2.05) is 18.3 Å². The van der Waals surface area contributed by atoms with E-state index in [0.29, 0.717) is 5.92 Å². The van der Waals surface area contributed by atoms with Crippen LogP contribution >= 0.6 is 15.9 Å². The lowest BCUT2D eigenvalue weighted by molar-refractivity contribution is 0.871. The Morgan fingerprint density at radius 1 is 1.07 bits per heavy atom. The van der Waals surface area contributed by atoms with Gasteiger partial charge in [0.2, 0.25) is 0 Å². The summed E-state index contributed by atoms with van der Waals surface area (Å²) in [5.74, 6) is 0.347. The first kappa shape index (κ1) is 10.4. The maximum atomic E-state index is 4.37. The molecule has 2 aromatic rings. The van der Waals surface area contributed by atoms with E-state index in [2.05, 4.69) is 58.2 Å². The van der Waals surface area contributed by atoms with E-state index in [0.717, 1.165) is 10.2 Å². The highest BCUT2D eigenvalue weighted by molar-refractivity contribution is 9.10. The molecule has 1 heterocycles. The topological polar surface area (TPSA) is 12.9 Å². The van der Waals surface area contributed by atoms with Gasteiger partial charge in [-0.3, -0.25) is 4.98 Å². The molecule has 0 saturated heterocycles. The third kappa shape index (κ3) is 2.45. The van der Waals surface area contributed by atoms with Crippen LogP contribution in [0.4, 0.5) is 0 Å². The van der Waals surface area contributed by atoms with Crippen LogP contribution in [-0.2, 0) is 0 Å². The van der Waals surface area contributed by atoms with Gasteiger partial charge in [0.25, 0.3) is 0 Å². The van der Waals surface area contributed by atoms with E-state index in [9.17, 15) is 0 Å². The smallest absolute Gasteiger partial charge is 0.0475 e. The Kier molecular flexibility index (Phi) is 3.17. The molecule has 1 aromatic carbocycles. The van der Waals surface area contributed by atoms with Crippen LogP contribution in [0.15, 0.2) is 53.1 Å². The second-order valence-corrected chi connectivity index (χ2v) is 4.44. The van der Waals surface area contributed by atoms with Crippen molar-refractivity contribution in [3.05, 3.63) is 64.4 Å². The number of nitrogens with zero attached hydrogens (tertiary/aromatic N) is 1. The lowest BCUT2D eigenvalue weighted by Gasteiger charge is -2.10. The van der Waals surface area contributed by atoms with E-state index in [4.69, 9.17) is 0 Å². The summed E-state index contributed by atoms with van der Waals surface area (Å²) >= 11 is 3.44. The summed E-state index contributed by atoms with van der Waals surface area (Å²) in [4.78, 5) is 4.37. The average Bonchev–Trinajstić information content (AvgIpc) is 2.30. The summed E-state index contributed by atoms with van der Waals surface area (Å²) in [6.45, 7) is 2.17. The molecule has 0 aliphatic rings. The second-order valence-electron chi connectivity index (χ2n) is 3.53. The van der Waals surface area contributed by atoms with E-state index in [-0.39, 0.29) is 0 Å². The summed E-state index contributed by atoms with van der Waals surface area (Å²) in [7, 11) is 0. The molecule has 0 spiro atoms. The molecule has 2 heteroatoms. The van der Waals surface area contributed by atoms with Crippen LogP contribution in [0.2, 0.25) is 0 Å². The minimum atomic E-state index is 0.347. The molecule has 0 saturated carbocycles. The molecule has 1 aromatic heterocycles. The van der Waals surface area contributed by atoms with Crippen molar-refractivity contribution in [2.75, 3.05) is 0 Å². The molecule has 76 valence electrons. The van der Waals surface area contributed by atoms with Gasteiger partial charge in [0.15, 0.2) is 0 Å². The third-order valence-electron chi connectivity index (χ3n) is 2.50. The van der Waals surface area contributed by atoms with Crippen LogP contribution in [0.3, 0.4) is 0 Å². The number of hydrogen-bond acceptors (Lipinski definition) is 1. The first-order valence-corrected chi connectivity index (χ1v) is 5.73. The molecule has 0 aliphatic heterocycles. The van der Waals surface area contributed by atoms with Crippen molar-refractivity contribution in [3.8, 4) is 0 Å². The highest BCUT2D eigenvalue weighted by atomic mass is 79.9. The number of benzene rings is 1. The second kappa shape index (κ2) is 4.58. The molecule has 0 aliphatic carbocycles. The lowest BCUT2D eigenvalue weighted by atomic mass is 9.97. The molecule has 0 radical (unpaired) electrons. The van der Waals surface area contributed by atoms with Gasteiger partial charge in [0.1, 0.15) is 0 Å². The highest BCUT2D eigenvalue weighted by Crippen LogP contribution is 2.23. The van der Waals surface area contributed by atoms with Crippen LogP contribution in [0.5, 0.6) is 0 Å². The van der Waals surface area contributed by atoms with Crippen molar-refractivity contribution in [1.29, 1.82) is 0 Å². The minimum absolute atomic E-state index is 0.347. The van der Waals surface area contributed by atoms with Crippen molar-refractivity contribution in [2.24, 2.45) is 0 Å². The zero-order valence-corrected chi connectivity index (χ0v) is 10.1. The quantitative estimate of drug-likeness (QED) is 0.797. The van der Waals surface area contributed by atoms with Crippen LogP contribution < -0.4 is 0 Å². The molecule has 2 rings (SSSR count). The third-order valence-corrected chi connectivity index (χ3v) is 3.03. The molecule has 0 amide bonds. The van der Waals surface area contributed by atoms with Gasteiger partial charge >= 0.3 is 0 Å². The number of rotatable bonds is 2. The van der Waals surface area contributed by atoms with Gasteiger partial charge in [-0.2, -0.15) is 0 Å². The molecule has 1 nitrogen and oxygen atoms in total. The minimum Gasteiger partial charge on any atom is -0.261 e. The van der Waals surface area contributed by atoms with Gasteiger partial charge in [-0.25, -0.2) is 0 Å². The standard InChI is InChI=1S/C13H12BrN/c1-10(13-4-2-3-9-15-13)11-5-7-12(14)8-6-11/h2-10H,1H3/t10-/m0/s1. The maximum absolute atomic E-state index is 4.37. The first-order valence-electron chi connectivity index (χ1n) is 4.94. The fraction of sp³-hybridized carbons (Fsp3) is 0.154. The fourth-order valence-electron chi connectivity index (χ4n) is 1.55. The van der Waals surface area contributed by atoms with Crippen molar-refractivity contribution in [2.45, 2.75) is 12.8 Å². The SMILES string of the molecule is C[C@@H](c1ccc(Br)cc1)c1ccccn1. The molecule has 0 bridgehead atoms. The van der Waals surface area contributed by atoms with Gasteiger partial charge < -0.3 is 0 Å². The van der Waals surface area contributed by atoms with Crippen molar-refractivity contribution in [3.63, 3.8) is 0 Å². The molecule has 0 N–H and O–H groups in total. The zero-order valence-electron chi connectivity index (χ0n) is 8.52. The first-order chi connectivity index (χ1) is 7.27. The summed E-state index contributed by atoms with van der Waals surface area (Å²) < 4.78 is 1.11. The lowest BCUT2D eigenvalue weighted by Crippen LogP contribution is -1.97. The number of hydrogen-bond donors (Lipinski definition) is 0. The van der Waals surface area contributed by atoms with Crippen LogP contribution in [0.1, 0.15) is 24.1 Å². The Labute approximate surface area is 98.3 Å². The number of aromatic nitrogens is 1. The monoisotopic (exact) mass is 261 g/mol. The number of halogens is 1. The molecular weight excluding hydrogens is 250 g/mol. The van der Waals surface area contributed by atoms with Crippen molar-refractivity contribution in [1.82, 2.24) is 4.98 Å². The Bertz CT molecular complexity index is 422. The van der Waals surface area contributed by atoms with E-state index in [1.165, 1.54) is 5.56 Å². The predicted molar refractivity (Wildman–Crippen MR) is 65.9 cm³/mol. The van der Waals surface area contributed by atoms with Gasteiger partial charge in [0, 0.05) is 22.3 Å². The molecule has 1 atom stereocenters. The molecular formula is C13H12BrN. The van der Waals surface area contributed by atoms with Gasteiger partial charge in [-0.05, 0) is 29.8 Å². The van der Waals surface area contributed by atoms with Gasteiger partial charge in [-0.1, -0.05) is 41.1 Å². The maximum Gasteiger partial charge on any atom is 0.0475 e. The normalized spacial score (nSPS) is 12.4. The largest absolute Gasteiger partial charge is 0.261 e. The predicted octanol–water partition coefficient (Wildman–Crippen LogP) is 4.00. The van der Waals surface area contributed by atoms with Gasteiger partial charge in [0.05, 0.1) is 0 Å².